The Morgan fingerprint density at radius 1 is 0.188 bits per heavy atom. The first-order valence-corrected chi connectivity index (χ1v) is 60.3. The number of nitrogens with zero attached hydrogens (tertiary/aromatic N) is 6. The molecule has 3 radical (unpaired) electrons. The maximum Gasteiger partial charge on any atom is 0.0795 e. The third-order valence-corrected chi connectivity index (χ3v) is 31.5. The summed E-state index contributed by atoms with van der Waals surface area (Å²) in [6.07, 6.45) is 11.6. The second-order valence-corrected chi connectivity index (χ2v) is 64.9. The minimum atomic E-state index is -1.29. The molecule has 0 aliphatic carbocycles. The molecule has 0 spiro atoms. The Labute approximate surface area is 746 Å². The van der Waals surface area contributed by atoms with Crippen LogP contribution in [0, 0.1) is 36.4 Å². The van der Waals surface area contributed by atoms with Crippen molar-refractivity contribution >= 4 is 79.6 Å². The maximum atomic E-state index is 4.65. The summed E-state index contributed by atoms with van der Waals surface area (Å²) >= 11 is 0. The fourth-order valence-corrected chi connectivity index (χ4v) is 18.6. The van der Waals surface area contributed by atoms with Gasteiger partial charge in [-0.25, -0.2) is 0 Å². The van der Waals surface area contributed by atoms with Crippen LogP contribution in [0.25, 0.3) is 101 Å². The fraction of sp³-hybridized carbons (Fsp3) is 0.176. The molecule has 9 aromatic carbocycles. The standard InChI is InChI=1S/3C20H20NSi.3C14H16NSi.3Ir/c3*1-22(2,3)19-12-13-20(21-15-19)18-11-7-10-17(14-18)16-8-5-4-6-9-16;2*1-16(2,3)13-8-6-7-12(11-13)14-9-4-5-10-15-14;1-16(2,3)13-9-7-12(8-10-13)14-6-4-5-11-15-14;;;/h3*4-10,12-15H,1-3H3;2*4-6,8-11H,1-3H3;4-7,9-11H,1-3H3;;;/q6*-1;;;. The van der Waals surface area contributed by atoms with E-state index in [-0.39, 0.29) is 60.3 Å². The van der Waals surface area contributed by atoms with E-state index in [4.69, 9.17) is 0 Å². The molecule has 0 atom stereocenters. The largest absolute Gasteiger partial charge is 0.305 e. The van der Waals surface area contributed by atoms with Gasteiger partial charge in [-0.3, -0.25) is 0 Å². The number of rotatable bonds is 15. The van der Waals surface area contributed by atoms with Gasteiger partial charge in [0.2, 0.25) is 0 Å². The Hall–Kier alpha value is -8.87. The molecule has 0 saturated carbocycles. The van der Waals surface area contributed by atoms with E-state index in [0.29, 0.717) is 0 Å². The summed E-state index contributed by atoms with van der Waals surface area (Å²) < 4.78 is 0. The molecule has 117 heavy (non-hydrogen) atoms. The quantitative estimate of drug-likeness (QED) is 0.0752. The first kappa shape index (κ1) is 95.3. The fourth-order valence-electron chi connectivity index (χ4n) is 12.0. The van der Waals surface area contributed by atoms with Crippen molar-refractivity contribution in [3.63, 3.8) is 0 Å². The van der Waals surface area contributed by atoms with Crippen LogP contribution in [0.1, 0.15) is 0 Å². The molecular formula is C102H108Ir3N6Si6-6. The van der Waals surface area contributed by atoms with Crippen molar-refractivity contribution in [1.29, 1.82) is 0 Å². The smallest absolute Gasteiger partial charge is 0.0795 e. The zero-order valence-corrected chi connectivity index (χ0v) is 84.0. The van der Waals surface area contributed by atoms with Crippen molar-refractivity contribution in [2.75, 3.05) is 0 Å². The van der Waals surface area contributed by atoms with Crippen LogP contribution < -0.4 is 31.1 Å². The minimum Gasteiger partial charge on any atom is -0.305 e. The van der Waals surface area contributed by atoms with Crippen molar-refractivity contribution in [2.24, 2.45) is 0 Å². The van der Waals surface area contributed by atoms with Gasteiger partial charge in [0.1, 0.15) is 0 Å². The van der Waals surface area contributed by atoms with Crippen LogP contribution in [0.5, 0.6) is 0 Å². The van der Waals surface area contributed by atoms with Crippen LogP contribution in [0.15, 0.2) is 328 Å². The monoisotopic (exact) mass is 2160 g/mol. The van der Waals surface area contributed by atoms with E-state index in [9.17, 15) is 0 Å². The Morgan fingerprint density at radius 2 is 0.436 bits per heavy atom. The van der Waals surface area contributed by atoms with Gasteiger partial charge < -0.3 is 29.9 Å². The average Bonchev–Trinajstić information content (AvgIpc) is 0.841. The van der Waals surface area contributed by atoms with E-state index in [1.807, 2.05) is 140 Å². The summed E-state index contributed by atoms with van der Waals surface area (Å²) in [6, 6.07) is 120. The van der Waals surface area contributed by atoms with Crippen LogP contribution in [0.4, 0.5) is 0 Å². The van der Waals surface area contributed by atoms with Crippen molar-refractivity contribution in [3.8, 4) is 101 Å². The van der Waals surface area contributed by atoms with Crippen molar-refractivity contribution in [1.82, 2.24) is 29.9 Å². The average molecular weight is 2160 g/mol. The molecule has 15 heteroatoms. The van der Waals surface area contributed by atoms with Crippen molar-refractivity contribution < 1.29 is 60.3 Å². The predicted molar refractivity (Wildman–Crippen MR) is 505 cm³/mol. The second kappa shape index (κ2) is 44.3. The molecule has 0 fully saturated rings. The molecule has 6 nitrogen and oxygen atoms in total. The molecule has 0 amide bonds. The summed E-state index contributed by atoms with van der Waals surface area (Å²) in [4.78, 5) is 27.0. The van der Waals surface area contributed by atoms with E-state index < -0.39 is 48.4 Å². The summed E-state index contributed by atoms with van der Waals surface area (Å²) in [7, 11) is -7.58. The van der Waals surface area contributed by atoms with Gasteiger partial charge in [0, 0.05) is 106 Å². The van der Waals surface area contributed by atoms with Crippen molar-refractivity contribution in [2.45, 2.75) is 118 Å². The molecule has 6 aromatic heterocycles. The summed E-state index contributed by atoms with van der Waals surface area (Å²) in [5.74, 6) is 0. The molecule has 15 rings (SSSR count). The van der Waals surface area contributed by atoms with Crippen LogP contribution in [-0.2, 0) is 60.3 Å². The molecule has 0 bridgehead atoms. The summed E-state index contributed by atoms with van der Waals surface area (Å²) in [6.45, 7) is 42.2. The van der Waals surface area contributed by atoms with Gasteiger partial charge in [-0.15, -0.1) is 211 Å². The van der Waals surface area contributed by atoms with Gasteiger partial charge in [-0.1, -0.05) is 282 Å². The minimum absolute atomic E-state index is 0. The molecule has 603 valence electrons. The van der Waals surface area contributed by atoms with Crippen molar-refractivity contribution in [3.05, 3.63) is 365 Å². The second-order valence-electron chi connectivity index (χ2n) is 34.5. The molecule has 15 aromatic rings. The van der Waals surface area contributed by atoms with Gasteiger partial charge in [-0.05, 0) is 84.6 Å². The number of hydrogen-bond acceptors (Lipinski definition) is 6. The number of hydrogen-bond donors (Lipinski definition) is 0. The first-order valence-electron chi connectivity index (χ1n) is 39.3. The van der Waals surface area contributed by atoms with E-state index >= 15 is 0 Å². The first-order chi connectivity index (χ1) is 54.3. The van der Waals surface area contributed by atoms with E-state index in [1.54, 1.807) is 0 Å². The number of benzene rings is 9. The Bertz CT molecular complexity index is 5030. The maximum absolute atomic E-state index is 4.65. The van der Waals surface area contributed by atoms with Gasteiger partial charge in [0.05, 0.1) is 40.4 Å². The van der Waals surface area contributed by atoms with Crippen LogP contribution in [0.3, 0.4) is 0 Å². The van der Waals surface area contributed by atoms with Gasteiger partial charge >= 0.3 is 0 Å². The van der Waals surface area contributed by atoms with Gasteiger partial charge in [0.15, 0.2) is 0 Å². The zero-order valence-electron chi connectivity index (χ0n) is 70.9. The molecule has 0 N–H and O–H groups in total. The molecule has 0 aliphatic rings. The zero-order chi connectivity index (χ0) is 81.5. The third-order valence-electron chi connectivity index (χ3n) is 19.3. The molecular weight excluding hydrogens is 2050 g/mol. The van der Waals surface area contributed by atoms with Crippen LogP contribution in [-0.4, -0.2) is 78.3 Å². The van der Waals surface area contributed by atoms with E-state index in [2.05, 4.69) is 372 Å². The SMILES string of the molecule is C[Si](C)(C)c1c[c-]c(-c2ccccn2)cc1.C[Si](C)(C)c1cc[c-]c(-c2ccccn2)c1.C[Si](C)(C)c1cc[c-]c(-c2ccccn2)c1.C[Si](C)(C)c1ccc(-c2[c-]ccc(-c3ccccc3)c2)nc1.C[Si](C)(C)c1ccc(-c2[c-]ccc(-c3ccccc3)c2)nc1.C[Si](C)(C)c1ccc(-c2[c-]ccc(-c3ccccc3)c2)nc1.[Ir].[Ir].[Ir]. The predicted octanol–water partition coefficient (Wildman–Crippen LogP) is 23.6. The van der Waals surface area contributed by atoms with E-state index in [0.717, 1.165) is 67.5 Å². The molecule has 0 saturated heterocycles. The Morgan fingerprint density at radius 3 is 0.675 bits per heavy atom. The van der Waals surface area contributed by atoms with E-state index in [1.165, 1.54) is 64.5 Å². The Kier molecular flexibility index (Phi) is 36.0. The Balaban J connectivity index is 0.000000194. The number of aromatic nitrogens is 6. The van der Waals surface area contributed by atoms with Gasteiger partial charge in [-0.2, -0.15) is 0 Å². The summed E-state index contributed by atoms with van der Waals surface area (Å²) in [5, 5.41) is 8.49. The summed E-state index contributed by atoms with van der Waals surface area (Å²) in [5.41, 5.74) is 19.6. The molecule has 6 heterocycles. The molecule has 0 unspecified atom stereocenters. The topological polar surface area (TPSA) is 77.3 Å². The third kappa shape index (κ3) is 29.3. The normalized spacial score (nSPS) is 11.1. The van der Waals surface area contributed by atoms with Crippen LogP contribution in [0.2, 0.25) is 118 Å². The number of pyridine rings is 6. The molecule has 0 aliphatic heterocycles. The van der Waals surface area contributed by atoms with Crippen LogP contribution >= 0.6 is 0 Å². The van der Waals surface area contributed by atoms with Gasteiger partial charge in [0.25, 0.3) is 0 Å².